The largest absolute Gasteiger partial charge is 0.496 e. The monoisotopic (exact) mass is 645 g/mol. The Morgan fingerprint density at radius 2 is 1.87 bits per heavy atom. The molecule has 3 aromatic carbocycles. The molecule has 0 bridgehead atoms. The van der Waals surface area contributed by atoms with Crippen LogP contribution in [0.4, 0.5) is 8.78 Å². The molecule has 3 aliphatic rings. The number of carbonyl (C=O) groups excluding carboxylic acids is 1. The van der Waals surface area contributed by atoms with Crippen LogP contribution in [-0.4, -0.2) is 42.2 Å². The van der Waals surface area contributed by atoms with Crippen LogP contribution in [0.3, 0.4) is 0 Å². The average molecular weight is 646 g/mol. The summed E-state index contributed by atoms with van der Waals surface area (Å²) in [7, 11) is 1.67. The van der Waals surface area contributed by atoms with Crippen LogP contribution in [0.25, 0.3) is 16.8 Å². The third kappa shape index (κ3) is 5.78. The number of hydrogen-bond donors (Lipinski definition) is 1. The number of nitrogens with zero attached hydrogens (tertiary/aromatic N) is 2. The van der Waals surface area contributed by atoms with Gasteiger partial charge in [0.15, 0.2) is 5.76 Å². The second kappa shape index (κ2) is 12.5. The predicted molar refractivity (Wildman–Crippen MR) is 170 cm³/mol. The second-order valence-corrected chi connectivity index (χ2v) is 12.6. The van der Waals surface area contributed by atoms with Gasteiger partial charge in [-0.2, -0.15) is 0 Å². The van der Waals surface area contributed by atoms with Crippen molar-refractivity contribution in [3.8, 4) is 22.8 Å². The lowest BCUT2D eigenvalue weighted by atomic mass is 9.93. The molecular weight excluding hydrogens is 612 g/mol. The average Bonchev–Trinajstić information content (AvgIpc) is 3.44. The quantitative estimate of drug-likeness (QED) is 0.182. The highest BCUT2D eigenvalue weighted by Gasteiger charge is 2.45. The van der Waals surface area contributed by atoms with Gasteiger partial charge in [0.1, 0.15) is 35.4 Å². The topological polar surface area (TPSA) is 76.8 Å². The SMILES string of the molecule is COc1cccc(CN(C(=O)C2=C(c3ccc(OCc4cc(-c5c(F)ccc(F)c5Cl)no4)cc3)C[C@H]3CNC[C@@H]23)C2CC2)c1C. The van der Waals surface area contributed by atoms with Crippen LogP contribution in [0.15, 0.2) is 70.8 Å². The molecule has 2 fully saturated rings. The van der Waals surface area contributed by atoms with Gasteiger partial charge in [0.25, 0.3) is 5.91 Å². The maximum Gasteiger partial charge on any atom is 0.250 e. The number of halogens is 3. The van der Waals surface area contributed by atoms with Gasteiger partial charge in [-0.05, 0) is 91.2 Å². The molecule has 1 aromatic heterocycles. The van der Waals surface area contributed by atoms with Crippen molar-refractivity contribution in [3.63, 3.8) is 0 Å². The summed E-state index contributed by atoms with van der Waals surface area (Å²) < 4.78 is 45.0. The Balaban J connectivity index is 1.10. The van der Waals surface area contributed by atoms with E-state index >= 15 is 0 Å². The molecule has 2 heterocycles. The minimum Gasteiger partial charge on any atom is -0.496 e. The summed E-state index contributed by atoms with van der Waals surface area (Å²) in [4.78, 5) is 16.5. The number of hydrogen-bond acceptors (Lipinski definition) is 6. The smallest absolute Gasteiger partial charge is 0.250 e. The van der Waals surface area contributed by atoms with E-state index in [1.807, 2.05) is 43.3 Å². The summed E-state index contributed by atoms with van der Waals surface area (Å²) >= 11 is 5.97. The fourth-order valence-corrected chi connectivity index (χ4v) is 7.00. The number of amides is 1. The first-order valence-electron chi connectivity index (χ1n) is 15.5. The van der Waals surface area contributed by atoms with Crippen LogP contribution >= 0.6 is 11.6 Å². The summed E-state index contributed by atoms with van der Waals surface area (Å²) in [5.74, 6) is 1.02. The van der Waals surface area contributed by atoms with Gasteiger partial charge in [-0.1, -0.05) is 41.0 Å². The van der Waals surface area contributed by atoms with E-state index in [9.17, 15) is 13.6 Å². The summed E-state index contributed by atoms with van der Waals surface area (Å²) in [6.45, 7) is 4.34. The van der Waals surface area contributed by atoms with E-state index in [0.717, 1.165) is 78.1 Å². The number of allylic oxidation sites excluding steroid dienone is 1. The van der Waals surface area contributed by atoms with E-state index in [1.165, 1.54) is 6.07 Å². The standard InChI is InChI=1S/C36H34ClF2N3O4/c1-20-22(4-3-5-32(20)44-2)18-42(24-8-9-24)36(43)33-27(14-23-16-40-17-28(23)33)21-6-10-25(11-7-21)45-19-26-15-31(41-46-26)34-29(38)12-13-30(39)35(34)37/h3-7,10-13,15,23-24,28,40H,8-9,14,16-19H2,1-2H3/t23-,28+/m0/s1. The molecular formula is C36H34ClF2N3O4. The van der Waals surface area contributed by atoms with Crippen LogP contribution in [0.5, 0.6) is 11.5 Å². The van der Waals surface area contributed by atoms with Gasteiger partial charge < -0.3 is 24.2 Å². The highest BCUT2D eigenvalue weighted by molar-refractivity contribution is 6.33. The third-order valence-corrected chi connectivity index (χ3v) is 9.75. The van der Waals surface area contributed by atoms with E-state index in [0.29, 0.717) is 24.0 Å². The Labute approximate surface area is 271 Å². The Hall–Kier alpha value is -4.21. The fraction of sp³-hybridized carbons (Fsp3) is 0.333. The summed E-state index contributed by atoms with van der Waals surface area (Å²) in [6, 6.07) is 17.4. The molecule has 1 N–H and O–H groups in total. The van der Waals surface area contributed by atoms with Crippen LogP contribution in [0.2, 0.25) is 5.02 Å². The lowest BCUT2D eigenvalue weighted by molar-refractivity contribution is -0.128. The van der Waals surface area contributed by atoms with E-state index in [1.54, 1.807) is 7.11 Å². The molecule has 1 amide bonds. The summed E-state index contributed by atoms with van der Waals surface area (Å²) in [5.41, 5.74) is 5.13. The van der Waals surface area contributed by atoms with Gasteiger partial charge in [0.2, 0.25) is 0 Å². The van der Waals surface area contributed by atoms with E-state index in [-0.39, 0.29) is 40.8 Å². The molecule has 0 radical (unpaired) electrons. The van der Waals surface area contributed by atoms with Crippen LogP contribution in [0.1, 0.15) is 41.7 Å². The first kappa shape index (κ1) is 30.4. The van der Waals surface area contributed by atoms with Gasteiger partial charge in [-0.25, -0.2) is 8.78 Å². The molecule has 2 aliphatic carbocycles. The number of rotatable bonds is 10. The zero-order chi connectivity index (χ0) is 31.9. The van der Waals surface area contributed by atoms with Gasteiger partial charge in [0.05, 0.1) is 17.7 Å². The van der Waals surface area contributed by atoms with Crippen molar-refractivity contribution in [2.24, 2.45) is 11.8 Å². The molecule has 10 heteroatoms. The molecule has 7 rings (SSSR count). The summed E-state index contributed by atoms with van der Waals surface area (Å²) in [5, 5.41) is 7.00. The minimum atomic E-state index is -0.742. The van der Waals surface area contributed by atoms with Crippen molar-refractivity contribution >= 4 is 23.1 Å². The second-order valence-electron chi connectivity index (χ2n) is 12.2. The molecule has 1 aliphatic heterocycles. The fourth-order valence-electron chi connectivity index (χ4n) is 6.75. The van der Waals surface area contributed by atoms with E-state index < -0.39 is 11.6 Å². The van der Waals surface area contributed by atoms with Crippen molar-refractivity contribution in [1.82, 2.24) is 15.4 Å². The molecule has 238 valence electrons. The van der Waals surface area contributed by atoms with Gasteiger partial charge >= 0.3 is 0 Å². The number of ether oxygens (including phenoxy) is 2. The Kier molecular flexibility index (Phi) is 8.29. The maximum absolute atomic E-state index is 14.4. The van der Waals surface area contributed by atoms with Crippen molar-refractivity contribution in [3.05, 3.63) is 105 Å². The van der Waals surface area contributed by atoms with Crippen molar-refractivity contribution in [2.45, 2.75) is 45.4 Å². The predicted octanol–water partition coefficient (Wildman–Crippen LogP) is 7.35. The number of aromatic nitrogens is 1. The molecule has 0 unspecified atom stereocenters. The molecule has 2 atom stereocenters. The first-order valence-corrected chi connectivity index (χ1v) is 15.9. The zero-order valence-electron chi connectivity index (χ0n) is 25.6. The highest BCUT2D eigenvalue weighted by atomic mass is 35.5. The molecule has 1 saturated carbocycles. The van der Waals surface area contributed by atoms with Gasteiger partial charge in [-0.3, -0.25) is 4.79 Å². The number of carbonyl (C=O) groups is 1. The molecule has 1 saturated heterocycles. The van der Waals surface area contributed by atoms with Crippen LogP contribution in [0, 0.1) is 30.4 Å². The van der Waals surface area contributed by atoms with Crippen molar-refractivity contribution < 1.29 is 27.6 Å². The third-order valence-electron chi connectivity index (χ3n) is 9.38. The molecule has 4 aromatic rings. The Bertz CT molecular complexity index is 1820. The van der Waals surface area contributed by atoms with Crippen LogP contribution in [-0.2, 0) is 17.9 Å². The zero-order valence-corrected chi connectivity index (χ0v) is 26.4. The number of fused-ring (bicyclic) bond motifs is 1. The lowest BCUT2D eigenvalue weighted by Crippen LogP contribution is -2.36. The van der Waals surface area contributed by atoms with E-state index in [4.69, 9.17) is 25.6 Å². The molecule has 46 heavy (non-hydrogen) atoms. The number of benzene rings is 3. The minimum absolute atomic E-state index is 0.0309. The maximum atomic E-state index is 14.4. The Morgan fingerprint density at radius 1 is 1.09 bits per heavy atom. The van der Waals surface area contributed by atoms with Crippen molar-refractivity contribution in [2.75, 3.05) is 20.2 Å². The van der Waals surface area contributed by atoms with Gasteiger partial charge in [-0.15, -0.1) is 0 Å². The first-order chi connectivity index (χ1) is 22.3. The number of methoxy groups -OCH3 is 1. The molecule has 0 spiro atoms. The highest BCUT2D eigenvalue weighted by Crippen LogP contribution is 2.46. The van der Waals surface area contributed by atoms with Crippen molar-refractivity contribution in [1.29, 1.82) is 0 Å². The number of nitrogens with one attached hydrogen (secondary N) is 1. The van der Waals surface area contributed by atoms with Crippen LogP contribution < -0.4 is 14.8 Å². The molecule has 7 nitrogen and oxygen atoms in total. The lowest BCUT2D eigenvalue weighted by Gasteiger charge is -2.27. The normalized spacial score (nSPS) is 19.0. The van der Waals surface area contributed by atoms with Gasteiger partial charge in [0, 0.05) is 36.7 Å². The van der Waals surface area contributed by atoms with E-state index in [2.05, 4.69) is 21.4 Å². The Morgan fingerprint density at radius 3 is 2.63 bits per heavy atom. The summed E-state index contributed by atoms with van der Waals surface area (Å²) in [6.07, 6.45) is 2.88.